The van der Waals surface area contributed by atoms with Crippen LogP contribution in [-0.4, -0.2) is 17.0 Å². The fraction of sp³-hybridized carbons (Fsp3) is 0.680. The Balaban J connectivity index is 1.89. The summed E-state index contributed by atoms with van der Waals surface area (Å²) in [6.07, 6.45) is 21.6. The first-order valence-corrected chi connectivity index (χ1v) is 12.2. The second-order valence-electron chi connectivity index (χ2n) is 8.34. The zero-order valence-corrected chi connectivity index (χ0v) is 19.3. The third-order valence-electron chi connectivity index (χ3n) is 5.51. The second-order valence-corrected chi connectivity index (χ2v) is 8.34. The van der Waals surface area contributed by atoms with E-state index < -0.39 is 4.92 Å². The quantitative estimate of drug-likeness (QED) is 0.108. The fourth-order valence-electron chi connectivity index (χ4n) is 3.57. The molecule has 1 aromatic carbocycles. The van der Waals surface area contributed by atoms with Gasteiger partial charge in [0.15, 0.2) is 0 Å². The number of nitro benzene ring substituents is 1. The minimum absolute atomic E-state index is 0.0364. The predicted molar refractivity (Wildman–Crippen MR) is 128 cm³/mol. The maximum Gasteiger partial charge on any atom is 0.269 e. The van der Waals surface area contributed by atoms with Gasteiger partial charge >= 0.3 is 0 Å². The van der Waals surface area contributed by atoms with Gasteiger partial charge in [-0.25, -0.2) is 5.43 Å². The highest BCUT2D eigenvalue weighted by atomic mass is 16.6. The molecule has 0 spiro atoms. The maximum atomic E-state index is 11.8. The highest BCUT2D eigenvalue weighted by Crippen LogP contribution is 2.14. The first-order chi connectivity index (χ1) is 15.1. The van der Waals surface area contributed by atoms with E-state index in [1.165, 1.54) is 102 Å². The average Bonchev–Trinajstić information content (AvgIpc) is 2.76. The van der Waals surface area contributed by atoms with Crippen molar-refractivity contribution in [3.05, 3.63) is 39.9 Å². The summed E-state index contributed by atoms with van der Waals surface area (Å²) in [5, 5.41) is 14.5. The molecule has 0 bridgehead atoms. The number of unbranched alkanes of at least 4 members (excludes halogenated alkanes) is 14. The van der Waals surface area contributed by atoms with Crippen LogP contribution in [0.5, 0.6) is 0 Å². The summed E-state index contributed by atoms with van der Waals surface area (Å²) in [5.74, 6) is -0.0899. The molecule has 0 saturated heterocycles. The molecule has 1 rings (SSSR count). The van der Waals surface area contributed by atoms with E-state index in [4.69, 9.17) is 0 Å². The highest BCUT2D eigenvalue weighted by molar-refractivity contribution is 5.82. The highest BCUT2D eigenvalue weighted by Gasteiger charge is 2.03. The molecule has 31 heavy (non-hydrogen) atoms. The Hall–Kier alpha value is -2.24. The molecule has 6 heteroatoms. The Labute approximate surface area is 188 Å². The number of rotatable bonds is 19. The summed E-state index contributed by atoms with van der Waals surface area (Å²) in [4.78, 5) is 22.0. The number of carbonyl (C=O) groups is 1. The molecular weight excluding hydrogens is 390 g/mol. The third kappa shape index (κ3) is 15.2. The van der Waals surface area contributed by atoms with Gasteiger partial charge in [0, 0.05) is 18.6 Å². The molecule has 0 saturated carbocycles. The molecule has 1 amide bonds. The largest absolute Gasteiger partial charge is 0.273 e. The molecule has 0 aliphatic heterocycles. The SMILES string of the molecule is CCCCCCCCCCCCCCCCCC(=O)NN=Cc1ccc([N+](=O)[O-])cc1. The van der Waals surface area contributed by atoms with Gasteiger partial charge in [0.2, 0.25) is 5.91 Å². The Kier molecular flexibility index (Phi) is 16.0. The Morgan fingerprint density at radius 2 is 1.29 bits per heavy atom. The molecule has 0 radical (unpaired) electrons. The topological polar surface area (TPSA) is 84.6 Å². The normalized spacial score (nSPS) is 11.1. The van der Waals surface area contributed by atoms with Crippen molar-refractivity contribution in [1.29, 1.82) is 0 Å². The number of non-ortho nitro benzene ring substituents is 1. The van der Waals surface area contributed by atoms with E-state index in [1.807, 2.05) is 0 Å². The lowest BCUT2D eigenvalue weighted by Gasteiger charge is -2.03. The molecule has 0 aliphatic rings. The standard InChI is InChI=1S/C25H41N3O3/c1-2-3-4-5-6-7-8-9-10-11-12-13-14-15-16-17-25(29)27-26-22-23-18-20-24(21-19-23)28(30)31/h18-22H,2-17H2,1H3,(H,27,29). The average molecular weight is 432 g/mol. The molecule has 0 aromatic heterocycles. The summed E-state index contributed by atoms with van der Waals surface area (Å²) in [7, 11) is 0. The molecule has 0 unspecified atom stereocenters. The number of amides is 1. The smallest absolute Gasteiger partial charge is 0.269 e. The Bertz CT molecular complexity index is 629. The number of carbonyl (C=O) groups excluding carboxylic acids is 1. The monoisotopic (exact) mass is 431 g/mol. The van der Waals surface area contributed by atoms with E-state index >= 15 is 0 Å². The fourth-order valence-corrected chi connectivity index (χ4v) is 3.57. The molecule has 0 fully saturated rings. The van der Waals surface area contributed by atoms with Crippen molar-refractivity contribution in [3.8, 4) is 0 Å². The summed E-state index contributed by atoms with van der Waals surface area (Å²) in [5.41, 5.74) is 3.26. The van der Waals surface area contributed by atoms with Gasteiger partial charge in [-0.2, -0.15) is 5.10 Å². The van der Waals surface area contributed by atoms with Gasteiger partial charge in [0.1, 0.15) is 0 Å². The first kappa shape index (κ1) is 26.8. The lowest BCUT2D eigenvalue weighted by molar-refractivity contribution is -0.384. The van der Waals surface area contributed by atoms with Gasteiger partial charge in [-0.15, -0.1) is 0 Å². The van der Waals surface area contributed by atoms with Crippen LogP contribution in [0.4, 0.5) is 5.69 Å². The van der Waals surface area contributed by atoms with Crippen molar-refractivity contribution in [1.82, 2.24) is 5.43 Å². The van der Waals surface area contributed by atoms with E-state index in [-0.39, 0.29) is 11.6 Å². The molecule has 0 heterocycles. The summed E-state index contributed by atoms with van der Waals surface area (Å²) < 4.78 is 0. The number of hydrogen-bond acceptors (Lipinski definition) is 4. The van der Waals surface area contributed by atoms with Crippen molar-refractivity contribution in [2.75, 3.05) is 0 Å². The number of nitrogens with zero attached hydrogens (tertiary/aromatic N) is 2. The predicted octanol–water partition coefficient (Wildman–Crippen LogP) is 7.31. The lowest BCUT2D eigenvalue weighted by Crippen LogP contribution is -2.16. The van der Waals surface area contributed by atoms with Crippen molar-refractivity contribution >= 4 is 17.8 Å². The number of nitro groups is 1. The minimum atomic E-state index is -0.444. The summed E-state index contributed by atoms with van der Waals surface area (Å²) in [6.45, 7) is 2.26. The number of hydrazone groups is 1. The van der Waals surface area contributed by atoms with Crippen LogP contribution in [0.15, 0.2) is 29.4 Å². The number of hydrogen-bond donors (Lipinski definition) is 1. The Morgan fingerprint density at radius 1 is 0.839 bits per heavy atom. The summed E-state index contributed by atoms with van der Waals surface area (Å²) in [6, 6.07) is 6.03. The molecular formula is C25H41N3O3. The molecule has 1 aromatic rings. The van der Waals surface area contributed by atoms with Gasteiger partial charge in [-0.1, -0.05) is 96.8 Å². The van der Waals surface area contributed by atoms with E-state index in [2.05, 4.69) is 17.5 Å². The van der Waals surface area contributed by atoms with Crippen molar-refractivity contribution in [3.63, 3.8) is 0 Å². The van der Waals surface area contributed by atoms with E-state index in [1.54, 1.807) is 12.1 Å². The number of nitrogens with one attached hydrogen (secondary N) is 1. The Morgan fingerprint density at radius 3 is 1.74 bits per heavy atom. The maximum absolute atomic E-state index is 11.8. The lowest BCUT2D eigenvalue weighted by atomic mass is 10.0. The summed E-state index contributed by atoms with van der Waals surface area (Å²) >= 11 is 0. The zero-order valence-electron chi connectivity index (χ0n) is 19.3. The van der Waals surface area contributed by atoms with Crippen molar-refractivity contribution in [2.45, 2.75) is 110 Å². The van der Waals surface area contributed by atoms with Crippen LogP contribution < -0.4 is 5.43 Å². The molecule has 6 nitrogen and oxygen atoms in total. The van der Waals surface area contributed by atoms with Crippen LogP contribution in [0.2, 0.25) is 0 Å². The van der Waals surface area contributed by atoms with E-state index in [0.717, 1.165) is 12.8 Å². The van der Waals surface area contributed by atoms with Crippen LogP contribution >= 0.6 is 0 Å². The number of benzene rings is 1. The van der Waals surface area contributed by atoms with Crippen LogP contribution in [0.25, 0.3) is 0 Å². The van der Waals surface area contributed by atoms with E-state index in [0.29, 0.717) is 12.0 Å². The minimum Gasteiger partial charge on any atom is -0.273 e. The molecule has 174 valence electrons. The van der Waals surface area contributed by atoms with Crippen LogP contribution in [0, 0.1) is 10.1 Å². The van der Waals surface area contributed by atoms with Gasteiger partial charge in [0.05, 0.1) is 11.1 Å². The van der Waals surface area contributed by atoms with Gasteiger partial charge < -0.3 is 0 Å². The van der Waals surface area contributed by atoms with Crippen LogP contribution in [0.3, 0.4) is 0 Å². The van der Waals surface area contributed by atoms with Crippen LogP contribution in [0.1, 0.15) is 115 Å². The first-order valence-electron chi connectivity index (χ1n) is 12.2. The zero-order chi connectivity index (χ0) is 22.6. The van der Waals surface area contributed by atoms with Crippen LogP contribution in [-0.2, 0) is 4.79 Å². The van der Waals surface area contributed by atoms with Crippen molar-refractivity contribution in [2.24, 2.45) is 5.10 Å². The molecule has 0 aliphatic carbocycles. The van der Waals surface area contributed by atoms with Gasteiger partial charge in [-0.05, 0) is 24.1 Å². The van der Waals surface area contributed by atoms with E-state index in [9.17, 15) is 14.9 Å². The van der Waals surface area contributed by atoms with Crippen molar-refractivity contribution < 1.29 is 9.72 Å². The van der Waals surface area contributed by atoms with Gasteiger partial charge in [-0.3, -0.25) is 14.9 Å². The third-order valence-corrected chi connectivity index (χ3v) is 5.51. The molecule has 1 N–H and O–H groups in total. The molecule has 0 atom stereocenters. The van der Waals surface area contributed by atoms with Gasteiger partial charge in [0.25, 0.3) is 5.69 Å². The second kappa shape index (κ2) is 18.5.